The molecule has 0 unspecified atom stereocenters. The van der Waals surface area contributed by atoms with Crippen molar-refractivity contribution < 1.29 is 23.2 Å². The SMILES string of the molecule is O=C1CC=C2C=CC=C(S(=O)(=O)CCC(=O)NO)N2C1. The number of nitrogens with zero attached hydrogens (tertiary/aromatic N) is 1. The van der Waals surface area contributed by atoms with Crippen molar-refractivity contribution in [3.63, 3.8) is 0 Å². The predicted octanol–water partition coefficient (Wildman–Crippen LogP) is -0.133. The molecule has 2 rings (SSSR count). The fraction of sp³-hybridized carbons (Fsp3) is 0.333. The van der Waals surface area contributed by atoms with Crippen LogP contribution in [-0.2, 0) is 19.4 Å². The predicted molar refractivity (Wildman–Crippen MR) is 70.0 cm³/mol. The van der Waals surface area contributed by atoms with Gasteiger partial charge in [-0.2, -0.15) is 0 Å². The first kappa shape index (κ1) is 14.5. The number of sulfone groups is 1. The first-order chi connectivity index (χ1) is 9.44. The van der Waals surface area contributed by atoms with Crippen molar-refractivity contribution in [1.29, 1.82) is 0 Å². The Bertz CT molecular complexity index is 630. The molecule has 2 aliphatic heterocycles. The summed E-state index contributed by atoms with van der Waals surface area (Å²) in [5.74, 6) is -1.28. The highest BCUT2D eigenvalue weighted by atomic mass is 32.2. The van der Waals surface area contributed by atoms with Gasteiger partial charge in [-0.15, -0.1) is 0 Å². The Labute approximate surface area is 116 Å². The van der Waals surface area contributed by atoms with E-state index < -0.39 is 21.5 Å². The Morgan fingerprint density at radius 2 is 2.20 bits per heavy atom. The van der Waals surface area contributed by atoms with E-state index >= 15 is 0 Å². The van der Waals surface area contributed by atoms with E-state index in [4.69, 9.17) is 5.21 Å². The lowest BCUT2D eigenvalue weighted by atomic mass is 10.1. The molecule has 0 fully saturated rings. The molecule has 0 spiro atoms. The van der Waals surface area contributed by atoms with Gasteiger partial charge in [0.15, 0.2) is 15.6 Å². The fourth-order valence-electron chi connectivity index (χ4n) is 2.00. The summed E-state index contributed by atoms with van der Waals surface area (Å²) in [7, 11) is -3.71. The number of fused-ring (bicyclic) bond motifs is 1. The Kier molecular flexibility index (Phi) is 4.05. The Hall–Kier alpha value is -1.93. The molecular formula is C12H14N2O5S. The third-order valence-electron chi connectivity index (χ3n) is 3.00. The summed E-state index contributed by atoms with van der Waals surface area (Å²) in [5.41, 5.74) is 2.05. The van der Waals surface area contributed by atoms with Crippen molar-refractivity contribution in [3.05, 3.63) is 35.0 Å². The van der Waals surface area contributed by atoms with Crippen LogP contribution in [0, 0.1) is 0 Å². The first-order valence-electron chi connectivity index (χ1n) is 5.97. The van der Waals surface area contributed by atoms with E-state index in [0.717, 1.165) is 0 Å². The van der Waals surface area contributed by atoms with Crippen molar-refractivity contribution in [2.24, 2.45) is 0 Å². The van der Waals surface area contributed by atoms with E-state index in [-0.39, 0.29) is 30.2 Å². The third-order valence-corrected chi connectivity index (χ3v) is 4.73. The van der Waals surface area contributed by atoms with Crippen LogP contribution in [0.25, 0.3) is 0 Å². The lowest BCUT2D eigenvalue weighted by molar-refractivity contribution is -0.128. The van der Waals surface area contributed by atoms with Crippen molar-refractivity contribution in [3.8, 4) is 0 Å². The van der Waals surface area contributed by atoms with Crippen LogP contribution in [0.4, 0.5) is 0 Å². The monoisotopic (exact) mass is 298 g/mol. The van der Waals surface area contributed by atoms with Crippen LogP contribution in [0.5, 0.6) is 0 Å². The maximum atomic E-state index is 12.2. The van der Waals surface area contributed by atoms with E-state index in [1.807, 2.05) is 0 Å². The summed E-state index contributed by atoms with van der Waals surface area (Å²) in [6.07, 6.45) is 6.34. The van der Waals surface area contributed by atoms with Crippen LogP contribution < -0.4 is 5.48 Å². The summed E-state index contributed by atoms with van der Waals surface area (Å²) in [6, 6.07) is 0. The molecule has 0 saturated carbocycles. The molecule has 2 aliphatic rings. The summed E-state index contributed by atoms with van der Waals surface area (Å²) in [6.45, 7) is 0.00737. The van der Waals surface area contributed by atoms with Crippen LogP contribution >= 0.6 is 0 Å². The van der Waals surface area contributed by atoms with Crippen LogP contribution in [0.15, 0.2) is 35.0 Å². The van der Waals surface area contributed by atoms with Crippen molar-refractivity contribution >= 4 is 21.5 Å². The normalized spacial score (nSPS) is 18.2. The second kappa shape index (κ2) is 5.59. The number of allylic oxidation sites excluding steroid dienone is 4. The smallest absolute Gasteiger partial charge is 0.244 e. The number of ketones is 1. The van der Waals surface area contributed by atoms with Crippen molar-refractivity contribution in [2.75, 3.05) is 12.3 Å². The summed E-state index contributed by atoms with van der Waals surface area (Å²) >= 11 is 0. The van der Waals surface area contributed by atoms with Crippen LogP contribution in [0.3, 0.4) is 0 Å². The maximum absolute atomic E-state index is 12.2. The van der Waals surface area contributed by atoms with E-state index in [1.165, 1.54) is 16.5 Å². The standard InChI is InChI=1S/C12H14N2O5S/c15-10-5-4-9-2-1-3-12(14(9)8-10)20(18,19)7-6-11(16)13-17/h1-4,17H,5-8H2,(H,13,16). The zero-order chi connectivity index (χ0) is 14.8. The minimum atomic E-state index is -3.71. The highest BCUT2D eigenvalue weighted by Crippen LogP contribution is 2.27. The quantitative estimate of drug-likeness (QED) is 0.553. The number of carbonyl (C=O) groups is 2. The molecule has 20 heavy (non-hydrogen) atoms. The van der Waals surface area contributed by atoms with Crippen LogP contribution in [0.1, 0.15) is 12.8 Å². The lowest BCUT2D eigenvalue weighted by Gasteiger charge is -2.31. The molecule has 0 saturated heterocycles. The van der Waals surface area contributed by atoms with Crippen LogP contribution in [-0.4, -0.2) is 42.5 Å². The molecule has 2 N–H and O–H groups in total. The van der Waals surface area contributed by atoms with Gasteiger partial charge in [0.1, 0.15) is 5.03 Å². The molecule has 0 bridgehead atoms. The number of nitrogens with one attached hydrogen (secondary N) is 1. The molecular weight excluding hydrogens is 284 g/mol. The van der Waals surface area contributed by atoms with E-state index in [2.05, 4.69) is 0 Å². The van der Waals surface area contributed by atoms with E-state index in [9.17, 15) is 18.0 Å². The second-order valence-corrected chi connectivity index (χ2v) is 6.48. The maximum Gasteiger partial charge on any atom is 0.244 e. The molecule has 0 aliphatic carbocycles. The number of rotatable bonds is 4. The first-order valence-corrected chi connectivity index (χ1v) is 7.63. The fourth-order valence-corrected chi connectivity index (χ4v) is 3.46. The lowest BCUT2D eigenvalue weighted by Crippen LogP contribution is -2.36. The minimum Gasteiger partial charge on any atom is -0.325 e. The van der Waals surface area contributed by atoms with E-state index in [0.29, 0.717) is 5.70 Å². The Balaban J connectivity index is 2.22. The highest BCUT2D eigenvalue weighted by Gasteiger charge is 2.30. The molecule has 0 radical (unpaired) electrons. The molecule has 1 amide bonds. The van der Waals surface area contributed by atoms with Crippen molar-refractivity contribution in [1.82, 2.24) is 10.4 Å². The second-order valence-electron chi connectivity index (χ2n) is 4.43. The Morgan fingerprint density at radius 3 is 2.90 bits per heavy atom. The van der Waals surface area contributed by atoms with Gasteiger partial charge in [-0.3, -0.25) is 14.8 Å². The molecule has 2 heterocycles. The topological polar surface area (TPSA) is 104 Å². The summed E-state index contributed by atoms with van der Waals surface area (Å²) < 4.78 is 24.4. The van der Waals surface area contributed by atoms with Gasteiger partial charge in [-0.1, -0.05) is 12.2 Å². The molecule has 108 valence electrons. The largest absolute Gasteiger partial charge is 0.325 e. The van der Waals surface area contributed by atoms with Gasteiger partial charge in [0.2, 0.25) is 5.91 Å². The zero-order valence-electron chi connectivity index (χ0n) is 10.6. The van der Waals surface area contributed by atoms with E-state index in [1.54, 1.807) is 18.2 Å². The number of amides is 1. The van der Waals surface area contributed by atoms with Gasteiger partial charge < -0.3 is 4.90 Å². The molecule has 0 atom stereocenters. The number of hydrogen-bond donors (Lipinski definition) is 2. The number of hydrogen-bond acceptors (Lipinski definition) is 6. The van der Waals surface area contributed by atoms with Gasteiger partial charge in [0.25, 0.3) is 0 Å². The minimum absolute atomic E-state index is 0.00467. The third kappa shape index (κ3) is 2.97. The number of hydroxylamine groups is 1. The number of carbonyl (C=O) groups excluding carboxylic acids is 2. The summed E-state index contributed by atoms with van der Waals surface area (Å²) in [5, 5.41) is 8.38. The average molecular weight is 298 g/mol. The Morgan fingerprint density at radius 1 is 1.45 bits per heavy atom. The summed E-state index contributed by atoms with van der Waals surface area (Å²) in [4.78, 5) is 23.8. The molecule has 8 heteroatoms. The zero-order valence-corrected chi connectivity index (χ0v) is 11.4. The molecule has 0 aromatic rings. The van der Waals surface area contributed by atoms with Gasteiger partial charge in [0, 0.05) is 18.5 Å². The molecule has 7 nitrogen and oxygen atoms in total. The van der Waals surface area contributed by atoms with Crippen molar-refractivity contribution in [2.45, 2.75) is 12.8 Å². The average Bonchev–Trinajstić information content (AvgIpc) is 2.44. The van der Waals surface area contributed by atoms with Gasteiger partial charge in [-0.05, 0) is 12.2 Å². The number of Topliss-reactive ketones (excluding diaryl/α,β-unsaturated/α-hetero) is 1. The molecule has 0 aromatic carbocycles. The van der Waals surface area contributed by atoms with Gasteiger partial charge >= 0.3 is 0 Å². The van der Waals surface area contributed by atoms with Gasteiger partial charge in [-0.25, -0.2) is 13.9 Å². The highest BCUT2D eigenvalue weighted by molar-refractivity contribution is 7.95. The molecule has 0 aromatic heterocycles. The van der Waals surface area contributed by atoms with Crippen LogP contribution in [0.2, 0.25) is 0 Å². The van der Waals surface area contributed by atoms with Gasteiger partial charge in [0.05, 0.1) is 12.3 Å².